The van der Waals surface area contributed by atoms with E-state index in [1.165, 1.54) is 5.56 Å². The third kappa shape index (κ3) is 3.72. The standard InChI is InChI=1S/C10H14N2OS/c1-8-3-2-4-9(7-8)12-10(14)11-5-6-13/h2-4,7,13H,5-6H2,1H3,(H2,11,12,14). The van der Waals surface area contributed by atoms with Crippen molar-refractivity contribution in [2.45, 2.75) is 6.92 Å². The first-order valence-corrected chi connectivity index (χ1v) is 4.85. The molecule has 0 amide bonds. The van der Waals surface area contributed by atoms with Crippen LogP contribution in [0.25, 0.3) is 0 Å². The minimum absolute atomic E-state index is 0.0790. The number of thiocarbonyl (C=S) groups is 1. The van der Waals surface area contributed by atoms with Gasteiger partial charge >= 0.3 is 0 Å². The fourth-order valence-electron chi connectivity index (χ4n) is 1.07. The molecule has 0 spiro atoms. The lowest BCUT2D eigenvalue weighted by molar-refractivity contribution is 0.301. The molecule has 0 bridgehead atoms. The first-order chi connectivity index (χ1) is 6.72. The molecule has 0 aromatic heterocycles. The number of hydrogen-bond acceptors (Lipinski definition) is 2. The Balaban J connectivity index is 2.47. The van der Waals surface area contributed by atoms with Crippen molar-refractivity contribution in [3.63, 3.8) is 0 Å². The number of aliphatic hydroxyl groups is 1. The molecule has 0 heterocycles. The van der Waals surface area contributed by atoms with Crippen LogP contribution in [0.2, 0.25) is 0 Å². The van der Waals surface area contributed by atoms with Gasteiger partial charge in [0.05, 0.1) is 6.61 Å². The van der Waals surface area contributed by atoms with Gasteiger partial charge < -0.3 is 15.7 Å². The Morgan fingerprint density at radius 1 is 1.50 bits per heavy atom. The molecule has 0 saturated heterocycles. The predicted molar refractivity (Wildman–Crippen MR) is 62.5 cm³/mol. The predicted octanol–water partition coefficient (Wildman–Crippen LogP) is 1.27. The average Bonchev–Trinajstić information content (AvgIpc) is 2.15. The summed E-state index contributed by atoms with van der Waals surface area (Å²) in [6, 6.07) is 7.94. The summed E-state index contributed by atoms with van der Waals surface area (Å²) >= 11 is 5.01. The van der Waals surface area contributed by atoms with Crippen molar-refractivity contribution in [3.05, 3.63) is 29.8 Å². The highest BCUT2D eigenvalue weighted by Crippen LogP contribution is 2.08. The summed E-state index contributed by atoms with van der Waals surface area (Å²) in [7, 11) is 0. The molecule has 0 atom stereocenters. The zero-order chi connectivity index (χ0) is 10.4. The van der Waals surface area contributed by atoms with Crippen molar-refractivity contribution in [1.29, 1.82) is 0 Å². The van der Waals surface area contributed by atoms with Crippen molar-refractivity contribution in [1.82, 2.24) is 5.32 Å². The molecule has 0 radical (unpaired) electrons. The van der Waals surface area contributed by atoms with Crippen LogP contribution in [-0.4, -0.2) is 23.4 Å². The number of benzene rings is 1. The molecule has 1 rings (SSSR count). The molecular formula is C10H14N2OS. The topological polar surface area (TPSA) is 44.3 Å². The third-order valence-electron chi connectivity index (χ3n) is 1.67. The van der Waals surface area contributed by atoms with E-state index in [-0.39, 0.29) is 6.61 Å². The number of hydrogen-bond donors (Lipinski definition) is 3. The van der Waals surface area contributed by atoms with E-state index in [2.05, 4.69) is 10.6 Å². The van der Waals surface area contributed by atoms with Gasteiger partial charge in [-0.1, -0.05) is 12.1 Å². The monoisotopic (exact) mass is 210 g/mol. The summed E-state index contributed by atoms with van der Waals surface area (Å²) in [4.78, 5) is 0. The van der Waals surface area contributed by atoms with Crippen LogP contribution >= 0.6 is 12.2 Å². The molecule has 4 heteroatoms. The molecule has 1 aromatic carbocycles. The Labute approximate surface area is 89.1 Å². The van der Waals surface area contributed by atoms with Crippen LogP contribution in [0.4, 0.5) is 5.69 Å². The van der Waals surface area contributed by atoms with Gasteiger partial charge in [-0.15, -0.1) is 0 Å². The van der Waals surface area contributed by atoms with E-state index < -0.39 is 0 Å². The van der Waals surface area contributed by atoms with Gasteiger partial charge in [-0.3, -0.25) is 0 Å². The minimum atomic E-state index is 0.0790. The number of rotatable bonds is 3. The zero-order valence-corrected chi connectivity index (χ0v) is 8.90. The fraction of sp³-hybridized carbons (Fsp3) is 0.300. The Morgan fingerprint density at radius 3 is 2.93 bits per heavy atom. The van der Waals surface area contributed by atoms with Crippen molar-refractivity contribution in [2.75, 3.05) is 18.5 Å². The highest BCUT2D eigenvalue weighted by atomic mass is 32.1. The van der Waals surface area contributed by atoms with E-state index in [9.17, 15) is 0 Å². The average molecular weight is 210 g/mol. The normalized spacial score (nSPS) is 9.57. The second kappa shape index (κ2) is 5.57. The molecule has 1 aromatic rings. The van der Waals surface area contributed by atoms with Crippen LogP contribution in [0.5, 0.6) is 0 Å². The molecule has 3 N–H and O–H groups in total. The summed E-state index contributed by atoms with van der Waals surface area (Å²) < 4.78 is 0. The SMILES string of the molecule is Cc1cccc(NC(=S)NCCO)c1. The maximum absolute atomic E-state index is 8.58. The van der Waals surface area contributed by atoms with E-state index in [0.717, 1.165) is 5.69 Å². The van der Waals surface area contributed by atoms with E-state index >= 15 is 0 Å². The largest absolute Gasteiger partial charge is 0.395 e. The molecule has 0 fully saturated rings. The third-order valence-corrected chi connectivity index (χ3v) is 1.92. The lowest BCUT2D eigenvalue weighted by atomic mass is 10.2. The Kier molecular flexibility index (Phi) is 4.35. The molecule has 3 nitrogen and oxygen atoms in total. The van der Waals surface area contributed by atoms with Gasteiger partial charge in [-0.2, -0.15) is 0 Å². The van der Waals surface area contributed by atoms with Crippen LogP contribution in [0.1, 0.15) is 5.56 Å². The fourth-order valence-corrected chi connectivity index (χ4v) is 1.29. The van der Waals surface area contributed by atoms with Crippen molar-refractivity contribution >= 4 is 23.0 Å². The van der Waals surface area contributed by atoms with E-state index in [0.29, 0.717) is 11.7 Å². The number of aryl methyl sites for hydroxylation is 1. The molecule has 0 aliphatic carbocycles. The summed E-state index contributed by atoms with van der Waals surface area (Å²) in [5.41, 5.74) is 2.14. The zero-order valence-electron chi connectivity index (χ0n) is 8.08. The summed E-state index contributed by atoms with van der Waals surface area (Å²) in [5.74, 6) is 0. The highest BCUT2D eigenvalue weighted by molar-refractivity contribution is 7.80. The Bertz CT molecular complexity index is 315. The maximum atomic E-state index is 8.58. The number of aliphatic hydroxyl groups excluding tert-OH is 1. The smallest absolute Gasteiger partial charge is 0.170 e. The van der Waals surface area contributed by atoms with Gasteiger partial charge in [0, 0.05) is 12.2 Å². The van der Waals surface area contributed by atoms with Crippen LogP contribution in [0, 0.1) is 6.92 Å². The Hall–Kier alpha value is -1.13. The van der Waals surface area contributed by atoms with Gasteiger partial charge in [-0.05, 0) is 36.8 Å². The van der Waals surface area contributed by atoms with Crippen LogP contribution in [0.15, 0.2) is 24.3 Å². The molecule has 0 saturated carbocycles. The van der Waals surface area contributed by atoms with E-state index in [1.807, 2.05) is 31.2 Å². The lowest BCUT2D eigenvalue weighted by Crippen LogP contribution is -2.30. The summed E-state index contributed by atoms with van der Waals surface area (Å²) in [6.45, 7) is 2.57. The number of anilines is 1. The van der Waals surface area contributed by atoms with E-state index in [1.54, 1.807) is 0 Å². The quantitative estimate of drug-likeness (QED) is 0.657. The molecular weight excluding hydrogens is 196 g/mol. The second-order valence-corrected chi connectivity index (χ2v) is 3.38. The lowest BCUT2D eigenvalue weighted by Gasteiger charge is -2.09. The van der Waals surface area contributed by atoms with Crippen molar-refractivity contribution in [2.24, 2.45) is 0 Å². The Morgan fingerprint density at radius 2 is 2.29 bits per heavy atom. The van der Waals surface area contributed by atoms with Gasteiger partial charge in [0.1, 0.15) is 0 Å². The second-order valence-electron chi connectivity index (χ2n) is 2.97. The van der Waals surface area contributed by atoms with Crippen molar-refractivity contribution < 1.29 is 5.11 Å². The first-order valence-electron chi connectivity index (χ1n) is 4.45. The van der Waals surface area contributed by atoms with Crippen LogP contribution in [-0.2, 0) is 0 Å². The molecule has 0 unspecified atom stereocenters. The minimum Gasteiger partial charge on any atom is -0.395 e. The molecule has 14 heavy (non-hydrogen) atoms. The van der Waals surface area contributed by atoms with Gasteiger partial charge in [0.2, 0.25) is 0 Å². The van der Waals surface area contributed by atoms with E-state index in [4.69, 9.17) is 17.3 Å². The number of nitrogens with one attached hydrogen (secondary N) is 2. The first kappa shape index (κ1) is 10.9. The van der Waals surface area contributed by atoms with Crippen LogP contribution < -0.4 is 10.6 Å². The summed E-state index contributed by atoms with van der Waals surface area (Å²) in [5, 5.41) is 15.0. The van der Waals surface area contributed by atoms with Crippen molar-refractivity contribution in [3.8, 4) is 0 Å². The molecule has 0 aliphatic heterocycles. The van der Waals surface area contributed by atoms with Crippen LogP contribution in [0.3, 0.4) is 0 Å². The summed E-state index contributed by atoms with van der Waals surface area (Å²) in [6.07, 6.45) is 0. The molecule has 0 aliphatic rings. The van der Waals surface area contributed by atoms with Gasteiger partial charge in [0.25, 0.3) is 0 Å². The van der Waals surface area contributed by atoms with Gasteiger partial charge in [0.15, 0.2) is 5.11 Å². The highest BCUT2D eigenvalue weighted by Gasteiger charge is 1.95. The molecule has 76 valence electrons. The van der Waals surface area contributed by atoms with Gasteiger partial charge in [-0.25, -0.2) is 0 Å². The maximum Gasteiger partial charge on any atom is 0.170 e.